The summed E-state index contributed by atoms with van der Waals surface area (Å²) in [5.41, 5.74) is 0. The quantitative estimate of drug-likeness (QED) is 0.751. The number of carbonyl (C=O) groups is 1. The number of carbonyl (C=O) groups excluding carboxylic acids is 1. The highest BCUT2D eigenvalue weighted by atomic mass is 16.2. The van der Waals surface area contributed by atoms with Crippen molar-refractivity contribution in [2.24, 2.45) is 0 Å². The molecule has 0 aromatic rings. The van der Waals surface area contributed by atoms with Crippen molar-refractivity contribution in [1.29, 1.82) is 0 Å². The molecule has 0 bridgehead atoms. The topological polar surface area (TPSA) is 23.6 Å². The van der Waals surface area contributed by atoms with Gasteiger partial charge in [0.2, 0.25) is 5.91 Å². The van der Waals surface area contributed by atoms with E-state index in [0.717, 1.165) is 19.4 Å². The third-order valence-corrected chi connectivity index (χ3v) is 4.39. The van der Waals surface area contributed by atoms with Gasteiger partial charge in [-0.05, 0) is 58.0 Å². The molecule has 2 fully saturated rings. The van der Waals surface area contributed by atoms with Gasteiger partial charge in [0, 0.05) is 25.6 Å². The van der Waals surface area contributed by atoms with Crippen LogP contribution >= 0.6 is 0 Å². The van der Waals surface area contributed by atoms with Gasteiger partial charge in [-0.3, -0.25) is 4.79 Å². The molecule has 104 valence electrons. The summed E-state index contributed by atoms with van der Waals surface area (Å²) in [4.78, 5) is 16.9. The largest absolute Gasteiger partial charge is 0.340 e. The van der Waals surface area contributed by atoms with E-state index in [2.05, 4.69) is 16.7 Å². The summed E-state index contributed by atoms with van der Waals surface area (Å²) >= 11 is 0. The number of likely N-dealkylation sites (tertiary alicyclic amines) is 2. The molecule has 0 spiro atoms. The second-order valence-corrected chi connectivity index (χ2v) is 5.82. The molecule has 3 heteroatoms. The molecule has 0 aromatic heterocycles. The molecule has 2 rings (SSSR count). The Bertz CT molecular complexity index is 261. The van der Waals surface area contributed by atoms with E-state index in [0.29, 0.717) is 11.9 Å². The molecule has 1 amide bonds. The number of rotatable bonds is 5. The van der Waals surface area contributed by atoms with Crippen molar-refractivity contribution < 1.29 is 4.79 Å². The molecule has 1 unspecified atom stereocenters. The third kappa shape index (κ3) is 3.71. The number of hydrogen-bond donors (Lipinski definition) is 0. The lowest BCUT2D eigenvalue weighted by Gasteiger charge is -2.36. The molecule has 0 N–H and O–H groups in total. The Morgan fingerprint density at radius 3 is 2.56 bits per heavy atom. The van der Waals surface area contributed by atoms with Crippen LogP contribution in [0.4, 0.5) is 0 Å². The van der Waals surface area contributed by atoms with E-state index in [9.17, 15) is 4.79 Å². The molecule has 0 aliphatic carbocycles. The fraction of sp³-hybridized carbons (Fsp3) is 0.933. The lowest BCUT2D eigenvalue weighted by atomic mass is 9.98. The fourth-order valence-electron chi connectivity index (χ4n) is 3.32. The minimum atomic E-state index is 0.392. The molecular formula is C15H28N2O. The van der Waals surface area contributed by atoms with Crippen LogP contribution < -0.4 is 0 Å². The predicted molar refractivity (Wildman–Crippen MR) is 74.6 cm³/mol. The molecule has 1 atom stereocenters. The highest BCUT2D eigenvalue weighted by Crippen LogP contribution is 2.22. The molecule has 2 aliphatic heterocycles. The molecule has 0 radical (unpaired) electrons. The van der Waals surface area contributed by atoms with Crippen LogP contribution in [0.5, 0.6) is 0 Å². The molecule has 3 nitrogen and oxygen atoms in total. The minimum Gasteiger partial charge on any atom is -0.340 e. The maximum Gasteiger partial charge on any atom is 0.222 e. The number of amides is 1. The van der Waals surface area contributed by atoms with E-state index in [1.807, 2.05) is 0 Å². The zero-order valence-electron chi connectivity index (χ0n) is 11.9. The molecule has 2 aliphatic rings. The van der Waals surface area contributed by atoms with Crippen LogP contribution in [0.2, 0.25) is 0 Å². The average molecular weight is 252 g/mol. The first-order chi connectivity index (χ1) is 8.81. The van der Waals surface area contributed by atoms with Crippen LogP contribution in [0.15, 0.2) is 0 Å². The zero-order chi connectivity index (χ0) is 12.8. The van der Waals surface area contributed by atoms with Crippen molar-refractivity contribution in [3.63, 3.8) is 0 Å². The summed E-state index contributed by atoms with van der Waals surface area (Å²) in [6.45, 7) is 6.84. The lowest BCUT2D eigenvalue weighted by molar-refractivity contribution is -0.135. The van der Waals surface area contributed by atoms with Gasteiger partial charge in [0.15, 0.2) is 0 Å². The smallest absolute Gasteiger partial charge is 0.222 e. The van der Waals surface area contributed by atoms with Gasteiger partial charge in [0.05, 0.1) is 0 Å². The fourth-order valence-corrected chi connectivity index (χ4v) is 3.32. The molecule has 2 saturated heterocycles. The van der Waals surface area contributed by atoms with Crippen molar-refractivity contribution in [2.45, 2.75) is 64.3 Å². The first-order valence-corrected chi connectivity index (χ1v) is 7.83. The predicted octanol–water partition coefficient (Wildman–Crippen LogP) is 2.65. The second-order valence-electron chi connectivity index (χ2n) is 5.82. The van der Waals surface area contributed by atoms with Gasteiger partial charge in [-0.1, -0.05) is 6.92 Å². The Morgan fingerprint density at radius 1 is 1.11 bits per heavy atom. The Morgan fingerprint density at radius 2 is 1.83 bits per heavy atom. The summed E-state index contributed by atoms with van der Waals surface area (Å²) in [6.07, 6.45) is 9.37. The average Bonchev–Trinajstić information content (AvgIpc) is 2.90. The van der Waals surface area contributed by atoms with E-state index in [1.165, 1.54) is 58.2 Å². The van der Waals surface area contributed by atoms with Crippen LogP contribution in [0.25, 0.3) is 0 Å². The number of hydrogen-bond acceptors (Lipinski definition) is 2. The Balaban J connectivity index is 1.80. The van der Waals surface area contributed by atoms with Gasteiger partial charge in [-0.15, -0.1) is 0 Å². The molecule has 18 heavy (non-hydrogen) atoms. The summed E-state index contributed by atoms with van der Waals surface area (Å²) in [6, 6.07) is 0.526. The van der Waals surface area contributed by atoms with Gasteiger partial charge >= 0.3 is 0 Å². The monoisotopic (exact) mass is 252 g/mol. The normalized spacial score (nSPS) is 25.6. The van der Waals surface area contributed by atoms with E-state index < -0.39 is 0 Å². The zero-order valence-corrected chi connectivity index (χ0v) is 11.9. The number of nitrogens with zero attached hydrogens (tertiary/aromatic N) is 2. The van der Waals surface area contributed by atoms with E-state index in [1.54, 1.807) is 0 Å². The minimum absolute atomic E-state index is 0.392. The van der Waals surface area contributed by atoms with Crippen LogP contribution in [-0.2, 0) is 4.79 Å². The molecule has 0 saturated carbocycles. The summed E-state index contributed by atoms with van der Waals surface area (Å²) < 4.78 is 0. The SMILES string of the molecule is CCCC(=O)N1CCCCC1CCN1CCCC1. The van der Waals surface area contributed by atoms with Gasteiger partial charge in [0.25, 0.3) is 0 Å². The summed E-state index contributed by atoms with van der Waals surface area (Å²) in [7, 11) is 0. The van der Waals surface area contributed by atoms with Gasteiger partial charge in [0.1, 0.15) is 0 Å². The van der Waals surface area contributed by atoms with Crippen molar-refractivity contribution in [1.82, 2.24) is 9.80 Å². The van der Waals surface area contributed by atoms with Gasteiger partial charge in [-0.2, -0.15) is 0 Å². The molecular weight excluding hydrogens is 224 g/mol. The number of piperidine rings is 1. The van der Waals surface area contributed by atoms with Gasteiger partial charge < -0.3 is 9.80 Å². The molecule has 0 aromatic carbocycles. The first kappa shape index (κ1) is 13.9. The van der Waals surface area contributed by atoms with Gasteiger partial charge in [-0.25, -0.2) is 0 Å². The Labute approximate surface area is 112 Å². The van der Waals surface area contributed by atoms with E-state index in [4.69, 9.17) is 0 Å². The third-order valence-electron chi connectivity index (χ3n) is 4.39. The Kier molecular flexibility index (Phi) is 5.48. The van der Waals surface area contributed by atoms with Crippen molar-refractivity contribution in [3.05, 3.63) is 0 Å². The lowest BCUT2D eigenvalue weighted by Crippen LogP contribution is -2.45. The standard InChI is InChI=1S/C15H28N2O/c1-2-7-15(18)17-12-4-3-8-14(17)9-13-16-10-5-6-11-16/h14H,2-13H2,1H3. The molecule has 2 heterocycles. The van der Waals surface area contributed by atoms with Crippen LogP contribution in [0.1, 0.15) is 58.3 Å². The highest BCUT2D eigenvalue weighted by Gasteiger charge is 2.26. The van der Waals surface area contributed by atoms with Crippen LogP contribution in [0, 0.1) is 0 Å². The highest BCUT2D eigenvalue weighted by molar-refractivity contribution is 5.76. The Hall–Kier alpha value is -0.570. The summed E-state index contributed by atoms with van der Waals surface area (Å²) in [5.74, 6) is 0.392. The van der Waals surface area contributed by atoms with E-state index >= 15 is 0 Å². The van der Waals surface area contributed by atoms with E-state index in [-0.39, 0.29) is 0 Å². The maximum absolute atomic E-state index is 12.1. The van der Waals surface area contributed by atoms with Crippen molar-refractivity contribution >= 4 is 5.91 Å². The van der Waals surface area contributed by atoms with Crippen LogP contribution in [0.3, 0.4) is 0 Å². The maximum atomic E-state index is 12.1. The van der Waals surface area contributed by atoms with Crippen LogP contribution in [-0.4, -0.2) is 47.9 Å². The first-order valence-electron chi connectivity index (χ1n) is 7.83. The second kappa shape index (κ2) is 7.13. The summed E-state index contributed by atoms with van der Waals surface area (Å²) in [5, 5.41) is 0. The van der Waals surface area contributed by atoms with Crippen molar-refractivity contribution in [2.75, 3.05) is 26.2 Å². The van der Waals surface area contributed by atoms with Crippen molar-refractivity contribution in [3.8, 4) is 0 Å².